The third-order valence-corrected chi connectivity index (χ3v) is 3.45. The number of benzene rings is 2. The van der Waals surface area contributed by atoms with Crippen LogP contribution in [-0.4, -0.2) is 30.2 Å². The van der Waals surface area contributed by atoms with Crippen molar-refractivity contribution in [1.29, 1.82) is 0 Å². The maximum atomic E-state index is 13.1. The van der Waals surface area contributed by atoms with Crippen LogP contribution in [0.3, 0.4) is 0 Å². The molecule has 0 bridgehead atoms. The van der Waals surface area contributed by atoms with Gasteiger partial charge in [-0.2, -0.15) is 0 Å². The number of urea groups is 1. The van der Waals surface area contributed by atoms with Gasteiger partial charge in [-0.3, -0.25) is 4.79 Å². The summed E-state index contributed by atoms with van der Waals surface area (Å²) in [4.78, 5) is 24.1. The minimum atomic E-state index is -0.616. The van der Waals surface area contributed by atoms with E-state index in [9.17, 15) is 14.0 Å². The fraction of sp³-hybridized carbons (Fsp3) is 0.125. The van der Waals surface area contributed by atoms with Crippen molar-refractivity contribution in [2.45, 2.75) is 0 Å². The number of hydrogen-bond acceptors (Lipinski definition) is 3. The standard InChI is InChI=1S/C16H15BrFN3O3/c17-10-4-5-13(15(23)19-6-7-22)14(8-10)21-16(24)20-12-3-1-2-11(18)9-12/h1-5,8-9,22H,6-7H2,(H,19,23)(H2,20,21,24). The summed E-state index contributed by atoms with van der Waals surface area (Å²) in [5.41, 5.74) is 0.795. The number of halogens is 2. The van der Waals surface area contributed by atoms with Crippen molar-refractivity contribution in [2.75, 3.05) is 23.8 Å². The molecule has 0 spiro atoms. The van der Waals surface area contributed by atoms with Gasteiger partial charge in [-0.25, -0.2) is 9.18 Å². The molecule has 3 amide bonds. The van der Waals surface area contributed by atoms with Crippen molar-refractivity contribution >= 4 is 39.2 Å². The Bertz CT molecular complexity index is 755. The molecule has 0 unspecified atom stereocenters. The molecule has 6 nitrogen and oxygen atoms in total. The topological polar surface area (TPSA) is 90.5 Å². The van der Waals surface area contributed by atoms with Crippen molar-refractivity contribution in [3.05, 3.63) is 58.3 Å². The molecule has 0 aliphatic carbocycles. The van der Waals surface area contributed by atoms with Crippen molar-refractivity contribution in [3.63, 3.8) is 0 Å². The third kappa shape index (κ3) is 5.04. The molecule has 0 aliphatic heterocycles. The predicted molar refractivity (Wildman–Crippen MR) is 92.6 cm³/mol. The zero-order valence-electron chi connectivity index (χ0n) is 12.5. The first-order valence-electron chi connectivity index (χ1n) is 7.02. The van der Waals surface area contributed by atoms with Crippen LogP contribution in [-0.2, 0) is 0 Å². The van der Waals surface area contributed by atoms with Crippen LogP contribution in [0.5, 0.6) is 0 Å². The van der Waals surface area contributed by atoms with Crippen LogP contribution >= 0.6 is 15.9 Å². The molecule has 2 aromatic carbocycles. The quantitative estimate of drug-likeness (QED) is 0.627. The van der Waals surface area contributed by atoms with Gasteiger partial charge in [0.1, 0.15) is 5.82 Å². The number of hydrogen-bond donors (Lipinski definition) is 4. The van der Waals surface area contributed by atoms with Gasteiger partial charge < -0.3 is 21.1 Å². The van der Waals surface area contributed by atoms with Gasteiger partial charge in [0.25, 0.3) is 5.91 Å². The second-order valence-corrected chi connectivity index (χ2v) is 5.67. The maximum Gasteiger partial charge on any atom is 0.323 e. The summed E-state index contributed by atoms with van der Waals surface area (Å²) in [6.07, 6.45) is 0. The first kappa shape index (κ1) is 17.9. The van der Waals surface area contributed by atoms with E-state index >= 15 is 0 Å². The normalized spacial score (nSPS) is 10.1. The molecule has 0 saturated heterocycles. The van der Waals surface area contributed by atoms with Gasteiger partial charge in [-0.1, -0.05) is 22.0 Å². The van der Waals surface area contributed by atoms with Crippen LogP contribution in [0.15, 0.2) is 46.9 Å². The van der Waals surface area contributed by atoms with E-state index in [4.69, 9.17) is 5.11 Å². The van der Waals surface area contributed by atoms with E-state index in [-0.39, 0.29) is 30.1 Å². The Kier molecular flexibility index (Phi) is 6.28. The number of anilines is 2. The van der Waals surface area contributed by atoms with Crippen molar-refractivity contribution in [3.8, 4) is 0 Å². The van der Waals surface area contributed by atoms with Crippen molar-refractivity contribution in [2.24, 2.45) is 0 Å². The molecule has 2 aromatic rings. The molecule has 24 heavy (non-hydrogen) atoms. The van der Waals surface area contributed by atoms with E-state index < -0.39 is 17.8 Å². The molecule has 0 fully saturated rings. The molecule has 0 aromatic heterocycles. The lowest BCUT2D eigenvalue weighted by Gasteiger charge is -2.12. The fourth-order valence-electron chi connectivity index (χ4n) is 1.93. The van der Waals surface area contributed by atoms with Crippen LogP contribution in [0.1, 0.15) is 10.4 Å². The van der Waals surface area contributed by atoms with Crippen molar-refractivity contribution < 1.29 is 19.1 Å². The van der Waals surface area contributed by atoms with E-state index in [0.717, 1.165) is 0 Å². The summed E-state index contributed by atoms with van der Waals surface area (Å²) in [6, 6.07) is 9.60. The van der Waals surface area contributed by atoms with E-state index in [2.05, 4.69) is 31.9 Å². The summed E-state index contributed by atoms with van der Waals surface area (Å²) in [6.45, 7) is -0.0884. The number of aliphatic hydroxyl groups excluding tert-OH is 1. The monoisotopic (exact) mass is 395 g/mol. The molecular formula is C16H15BrFN3O3. The van der Waals surface area contributed by atoms with E-state index in [1.807, 2.05) is 0 Å². The van der Waals surface area contributed by atoms with E-state index in [1.54, 1.807) is 18.2 Å². The highest BCUT2D eigenvalue weighted by atomic mass is 79.9. The zero-order chi connectivity index (χ0) is 17.5. The minimum Gasteiger partial charge on any atom is -0.395 e. The average molecular weight is 396 g/mol. The molecule has 0 heterocycles. The lowest BCUT2D eigenvalue weighted by atomic mass is 10.1. The highest BCUT2D eigenvalue weighted by Crippen LogP contribution is 2.22. The number of carbonyl (C=O) groups is 2. The Hall–Kier alpha value is -2.45. The molecule has 0 saturated carbocycles. The number of rotatable bonds is 5. The van der Waals surface area contributed by atoms with Crippen LogP contribution in [0.25, 0.3) is 0 Å². The SMILES string of the molecule is O=C(Nc1cccc(F)c1)Nc1cc(Br)ccc1C(=O)NCCO. The lowest BCUT2D eigenvalue weighted by Crippen LogP contribution is -2.28. The molecule has 2 rings (SSSR count). The van der Waals surface area contributed by atoms with Gasteiger partial charge in [-0.05, 0) is 36.4 Å². The second kappa shape index (κ2) is 8.42. The molecule has 0 atom stereocenters. The molecule has 4 N–H and O–H groups in total. The summed E-state index contributed by atoms with van der Waals surface area (Å²) >= 11 is 3.27. The Balaban J connectivity index is 2.14. The Morgan fingerprint density at radius 3 is 2.62 bits per heavy atom. The van der Waals surface area contributed by atoms with Gasteiger partial charge in [0.15, 0.2) is 0 Å². The van der Waals surface area contributed by atoms with Crippen LogP contribution in [0.2, 0.25) is 0 Å². The smallest absolute Gasteiger partial charge is 0.323 e. The molecule has 8 heteroatoms. The summed E-state index contributed by atoms with van der Waals surface area (Å²) in [5, 5.41) is 16.3. The Morgan fingerprint density at radius 2 is 1.92 bits per heavy atom. The molecule has 0 aliphatic rings. The number of carbonyl (C=O) groups excluding carboxylic acids is 2. The Labute approximate surface area is 146 Å². The van der Waals surface area contributed by atoms with Gasteiger partial charge in [0.05, 0.1) is 17.9 Å². The second-order valence-electron chi connectivity index (χ2n) is 4.76. The predicted octanol–water partition coefficient (Wildman–Crippen LogP) is 2.95. The average Bonchev–Trinajstić information content (AvgIpc) is 2.52. The number of amides is 3. The van der Waals surface area contributed by atoms with Gasteiger partial charge in [-0.15, -0.1) is 0 Å². The number of nitrogens with one attached hydrogen (secondary N) is 3. The minimum absolute atomic E-state index is 0.101. The van der Waals surface area contributed by atoms with Gasteiger partial charge in [0, 0.05) is 16.7 Å². The van der Waals surface area contributed by atoms with E-state index in [1.165, 1.54) is 24.3 Å². The van der Waals surface area contributed by atoms with Crippen LogP contribution < -0.4 is 16.0 Å². The first-order chi connectivity index (χ1) is 11.5. The van der Waals surface area contributed by atoms with Crippen LogP contribution in [0.4, 0.5) is 20.6 Å². The zero-order valence-corrected chi connectivity index (χ0v) is 14.1. The summed E-state index contributed by atoms with van der Waals surface area (Å²) in [5.74, 6) is -0.906. The van der Waals surface area contributed by atoms with Crippen LogP contribution in [0, 0.1) is 5.82 Å². The van der Waals surface area contributed by atoms with E-state index in [0.29, 0.717) is 4.47 Å². The summed E-state index contributed by atoms with van der Waals surface area (Å²) < 4.78 is 13.8. The van der Waals surface area contributed by atoms with Crippen molar-refractivity contribution in [1.82, 2.24) is 5.32 Å². The highest BCUT2D eigenvalue weighted by molar-refractivity contribution is 9.10. The summed E-state index contributed by atoms with van der Waals surface area (Å²) in [7, 11) is 0. The number of aliphatic hydroxyl groups is 1. The lowest BCUT2D eigenvalue weighted by molar-refractivity contribution is 0.0945. The molecule has 126 valence electrons. The van der Waals surface area contributed by atoms with Gasteiger partial charge in [0.2, 0.25) is 0 Å². The Morgan fingerprint density at radius 1 is 1.12 bits per heavy atom. The molecular weight excluding hydrogens is 381 g/mol. The first-order valence-corrected chi connectivity index (χ1v) is 7.81. The highest BCUT2D eigenvalue weighted by Gasteiger charge is 2.14. The van der Waals surface area contributed by atoms with Gasteiger partial charge >= 0.3 is 6.03 Å². The molecule has 0 radical (unpaired) electrons. The maximum absolute atomic E-state index is 13.1. The fourth-order valence-corrected chi connectivity index (χ4v) is 2.29. The third-order valence-electron chi connectivity index (χ3n) is 2.95. The largest absolute Gasteiger partial charge is 0.395 e.